The number of anilines is 1. The van der Waals surface area contributed by atoms with Crippen LogP contribution in [0.2, 0.25) is 5.02 Å². The van der Waals surface area contributed by atoms with E-state index in [0.717, 1.165) is 37.8 Å². The molecule has 3 atom stereocenters. The van der Waals surface area contributed by atoms with E-state index >= 15 is 0 Å². The average molecular weight is 487 g/mol. The van der Waals surface area contributed by atoms with Gasteiger partial charge in [0, 0.05) is 6.04 Å². The van der Waals surface area contributed by atoms with E-state index in [9.17, 15) is 26.4 Å². The maximum absolute atomic E-state index is 13.4. The first-order valence-electron chi connectivity index (χ1n) is 10.3. The minimum atomic E-state index is -4.70. The third-order valence-electron chi connectivity index (χ3n) is 6.25. The molecule has 0 aromatic heterocycles. The van der Waals surface area contributed by atoms with Gasteiger partial charge in [-0.2, -0.15) is 13.2 Å². The number of fused-ring (bicyclic) bond motifs is 2. The summed E-state index contributed by atoms with van der Waals surface area (Å²) in [7, 11) is -4.36. The Kier molecular flexibility index (Phi) is 6.15. The molecule has 2 saturated carbocycles. The number of amides is 1. The molecular weight excluding hydrogens is 465 g/mol. The first kappa shape index (κ1) is 22.9. The maximum Gasteiger partial charge on any atom is 0.416 e. The number of nitrogens with zero attached hydrogens (tertiary/aromatic N) is 1. The molecule has 1 amide bonds. The topological polar surface area (TPSA) is 66.5 Å². The second-order valence-corrected chi connectivity index (χ2v) is 10.6. The second-order valence-electron chi connectivity index (χ2n) is 8.34. The number of rotatable bonds is 6. The summed E-state index contributed by atoms with van der Waals surface area (Å²) >= 11 is 6.13. The first-order chi connectivity index (χ1) is 15.1. The monoisotopic (exact) mass is 486 g/mol. The number of sulfonamides is 1. The quantitative estimate of drug-likeness (QED) is 0.634. The number of nitrogens with one attached hydrogen (secondary N) is 1. The Morgan fingerprint density at radius 1 is 1.09 bits per heavy atom. The van der Waals surface area contributed by atoms with Gasteiger partial charge in [0.2, 0.25) is 5.91 Å². The number of alkyl halides is 3. The van der Waals surface area contributed by atoms with Crippen molar-refractivity contribution in [1.29, 1.82) is 0 Å². The number of halogens is 4. The van der Waals surface area contributed by atoms with E-state index in [1.165, 1.54) is 24.3 Å². The number of carbonyl (C=O) groups is 1. The zero-order valence-corrected chi connectivity index (χ0v) is 18.6. The van der Waals surface area contributed by atoms with Crippen LogP contribution >= 0.6 is 11.6 Å². The number of carbonyl (C=O) groups excluding carboxylic acids is 1. The maximum atomic E-state index is 13.4. The number of benzene rings is 2. The van der Waals surface area contributed by atoms with Crippen LogP contribution < -0.4 is 9.62 Å². The van der Waals surface area contributed by atoms with Crippen LogP contribution in [0.1, 0.15) is 31.2 Å². The van der Waals surface area contributed by atoms with Crippen molar-refractivity contribution in [2.75, 3.05) is 10.8 Å². The predicted octanol–water partition coefficient (Wildman–Crippen LogP) is 4.86. The minimum absolute atomic E-state index is 0.0421. The van der Waals surface area contributed by atoms with Crippen LogP contribution in [-0.2, 0) is 21.0 Å². The normalized spacial score (nSPS) is 22.7. The third kappa shape index (κ3) is 4.59. The predicted molar refractivity (Wildman–Crippen MR) is 115 cm³/mol. The van der Waals surface area contributed by atoms with Gasteiger partial charge in [0.25, 0.3) is 10.0 Å². The molecule has 10 heteroatoms. The summed E-state index contributed by atoms with van der Waals surface area (Å²) in [5, 5.41) is 2.68. The van der Waals surface area contributed by atoms with E-state index in [2.05, 4.69) is 5.32 Å². The highest BCUT2D eigenvalue weighted by molar-refractivity contribution is 7.92. The van der Waals surface area contributed by atoms with Crippen molar-refractivity contribution >= 4 is 33.2 Å². The first-order valence-corrected chi connectivity index (χ1v) is 12.1. The average Bonchev–Trinajstić information content (AvgIpc) is 3.35. The molecule has 32 heavy (non-hydrogen) atoms. The van der Waals surface area contributed by atoms with Gasteiger partial charge in [-0.25, -0.2) is 8.42 Å². The Morgan fingerprint density at radius 2 is 1.81 bits per heavy atom. The molecule has 0 spiro atoms. The van der Waals surface area contributed by atoms with Crippen molar-refractivity contribution in [3.63, 3.8) is 0 Å². The van der Waals surface area contributed by atoms with E-state index in [1.807, 2.05) is 0 Å². The van der Waals surface area contributed by atoms with Crippen molar-refractivity contribution in [3.05, 3.63) is 59.1 Å². The fraction of sp³-hybridized carbons (Fsp3) is 0.409. The highest BCUT2D eigenvalue weighted by Crippen LogP contribution is 2.44. The van der Waals surface area contributed by atoms with Crippen LogP contribution in [0.25, 0.3) is 0 Å². The second kappa shape index (κ2) is 8.59. The third-order valence-corrected chi connectivity index (χ3v) is 8.34. The lowest BCUT2D eigenvalue weighted by molar-refractivity contribution is -0.137. The van der Waals surface area contributed by atoms with E-state index in [1.54, 1.807) is 6.07 Å². The van der Waals surface area contributed by atoms with Crippen molar-refractivity contribution < 1.29 is 26.4 Å². The van der Waals surface area contributed by atoms with Crippen LogP contribution in [-0.4, -0.2) is 26.9 Å². The minimum Gasteiger partial charge on any atom is -0.352 e. The molecule has 0 heterocycles. The molecule has 4 rings (SSSR count). The summed E-state index contributed by atoms with van der Waals surface area (Å²) < 4.78 is 67.3. The standard InChI is InChI=1S/C22H22ClF3N2O3S/c23-18-9-8-16(22(24,25)26)12-20(18)28(32(30,31)17-4-2-1-3-5-17)13-21(29)27-19-11-14-6-7-15(19)10-14/h1-5,8-9,12,14-15,19H,6-7,10-11,13H2,(H,27,29)/t14-,15+,19-/m1/s1. The fourth-order valence-electron chi connectivity index (χ4n) is 4.70. The van der Waals surface area contributed by atoms with Crippen molar-refractivity contribution in [2.45, 2.75) is 42.8 Å². The molecule has 2 fully saturated rings. The van der Waals surface area contributed by atoms with Gasteiger partial charge in [0.15, 0.2) is 0 Å². The summed E-state index contributed by atoms with van der Waals surface area (Å²) in [6.45, 7) is -0.674. The Morgan fingerprint density at radius 3 is 2.41 bits per heavy atom. The molecule has 2 bridgehead atoms. The Labute approximate surface area is 189 Å². The molecular formula is C22H22ClF3N2O3S. The van der Waals surface area contributed by atoms with Gasteiger partial charge in [-0.05, 0) is 61.4 Å². The summed E-state index contributed by atoms with van der Waals surface area (Å²) in [5.41, 5.74) is -1.45. The van der Waals surface area contributed by atoms with Gasteiger partial charge in [-0.1, -0.05) is 36.2 Å². The zero-order chi connectivity index (χ0) is 23.1. The van der Waals surface area contributed by atoms with Crippen LogP contribution in [0.5, 0.6) is 0 Å². The van der Waals surface area contributed by atoms with Crippen molar-refractivity contribution in [2.24, 2.45) is 11.8 Å². The summed E-state index contributed by atoms with van der Waals surface area (Å²) in [6, 6.07) is 9.61. The summed E-state index contributed by atoms with van der Waals surface area (Å²) in [5.74, 6) is 0.350. The van der Waals surface area contributed by atoms with Crippen LogP contribution in [0.3, 0.4) is 0 Å². The van der Waals surface area contributed by atoms with Gasteiger partial charge >= 0.3 is 6.18 Å². The SMILES string of the molecule is O=C(CN(c1cc(C(F)(F)F)ccc1Cl)S(=O)(=O)c1ccccc1)N[C@@H]1C[C@@H]2CC[C@H]1C2. The molecule has 172 valence electrons. The Bertz CT molecular complexity index is 1110. The summed E-state index contributed by atoms with van der Waals surface area (Å²) in [4.78, 5) is 12.7. The molecule has 1 N–H and O–H groups in total. The van der Waals surface area contributed by atoms with Crippen LogP contribution in [0.4, 0.5) is 18.9 Å². The molecule has 2 aromatic carbocycles. The lowest BCUT2D eigenvalue weighted by atomic mass is 9.95. The Hall–Kier alpha value is -2.26. The van der Waals surface area contributed by atoms with Crippen molar-refractivity contribution in [3.8, 4) is 0 Å². The highest BCUT2D eigenvalue weighted by atomic mass is 35.5. The van der Waals surface area contributed by atoms with Gasteiger partial charge in [-0.15, -0.1) is 0 Å². The van der Waals surface area contributed by atoms with Gasteiger partial charge < -0.3 is 5.32 Å². The molecule has 0 unspecified atom stereocenters. The van der Waals surface area contributed by atoms with Crippen LogP contribution in [0, 0.1) is 11.8 Å². The van der Waals surface area contributed by atoms with E-state index in [0.29, 0.717) is 22.2 Å². The van der Waals surface area contributed by atoms with Gasteiger partial charge in [0.1, 0.15) is 6.54 Å². The zero-order valence-electron chi connectivity index (χ0n) is 17.0. The molecule has 0 radical (unpaired) electrons. The largest absolute Gasteiger partial charge is 0.416 e. The molecule has 2 aliphatic carbocycles. The lowest BCUT2D eigenvalue weighted by Crippen LogP contribution is -2.46. The van der Waals surface area contributed by atoms with Crippen molar-refractivity contribution in [1.82, 2.24) is 5.32 Å². The Balaban J connectivity index is 1.68. The lowest BCUT2D eigenvalue weighted by Gasteiger charge is -2.28. The number of hydrogen-bond donors (Lipinski definition) is 1. The molecule has 2 aliphatic rings. The summed E-state index contributed by atoms with van der Waals surface area (Å²) in [6.07, 6.45) is -0.679. The van der Waals surface area contributed by atoms with Gasteiger partial charge in [0.05, 0.1) is 21.2 Å². The fourth-order valence-corrected chi connectivity index (χ4v) is 6.43. The number of hydrogen-bond acceptors (Lipinski definition) is 3. The van der Waals surface area contributed by atoms with Gasteiger partial charge in [-0.3, -0.25) is 9.10 Å². The van der Waals surface area contributed by atoms with Crippen LogP contribution in [0.15, 0.2) is 53.4 Å². The molecule has 2 aromatic rings. The van der Waals surface area contributed by atoms with E-state index in [-0.39, 0.29) is 16.0 Å². The highest BCUT2D eigenvalue weighted by Gasteiger charge is 2.41. The van der Waals surface area contributed by atoms with E-state index < -0.39 is 39.9 Å². The van der Waals surface area contributed by atoms with E-state index in [4.69, 9.17) is 11.6 Å². The smallest absolute Gasteiger partial charge is 0.352 e. The molecule has 0 aliphatic heterocycles. The molecule has 5 nitrogen and oxygen atoms in total. The molecule has 0 saturated heterocycles.